The van der Waals surface area contributed by atoms with E-state index in [2.05, 4.69) is 15.9 Å². The molecule has 4 nitrogen and oxygen atoms in total. The Labute approximate surface area is 181 Å². The summed E-state index contributed by atoms with van der Waals surface area (Å²) >= 11 is 3.28. The third kappa shape index (κ3) is 5.09. The summed E-state index contributed by atoms with van der Waals surface area (Å²) in [7, 11) is -3.96. The van der Waals surface area contributed by atoms with E-state index in [4.69, 9.17) is 0 Å². The zero-order valence-electron chi connectivity index (χ0n) is 17.5. The number of aromatic hydroxyl groups is 1. The molecule has 0 unspecified atom stereocenters. The van der Waals surface area contributed by atoms with E-state index in [1.54, 1.807) is 24.3 Å². The summed E-state index contributed by atoms with van der Waals surface area (Å²) in [5.74, 6) is 0.205. The van der Waals surface area contributed by atoms with Crippen molar-refractivity contribution in [3.05, 3.63) is 62.5 Å². The molecule has 0 saturated carbocycles. The van der Waals surface area contributed by atoms with Crippen molar-refractivity contribution in [1.82, 2.24) is 0 Å². The second kappa shape index (κ2) is 7.97. The van der Waals surface area contributed by atoms with Crippen molar-refractivity contribution in [2.24, 2.45) is 0 Å². The van der Waals surface area contributed by atoms with Crippen LogP contribution in [0.25, 0.3) is 6.08 Å². The van der Waals surface area contributed by atoms with Crippen LogP contribution in [0.15, 0.2) is 50.7 Å². The first kappa shape index (κ1) is 23.2. The number of sulfone groups is 1. The van der Waals surface area contributed by atoms with Crippen LogP contribution in [0.3, 0.4) is 0 Å². The largest absolute Gasteiger partial charge is 0.507 e. The molecule has 0 aliphatic rings. The monoisotopic (exact) mass is 475 g/mol. The first-order valence-corrected chi connectivity index (χ1v) is 11.5. The molecule has 2 aromatic carbocycles. The maximum atomic E-state index is 13.0. The molecular weight excluding hydrogens is 450 g/mol. The van der Waals surface area contributed by atoms with Crippen LogP contribution >= 0.6 is 15.9 Å². The van der Waals surface area contributed by atoms with Crippen molar-refractivity contribution in [3.8, 4) is 11.8 Å². The Morgan fingerprint density at radius 2 is 1.45 bits per heavy atom. The number of nitriles is 1. The SMILES string of the molecule is CC(C)(C)c1cc(C=C(C#N)S(=O)(=O)c2ccc(Br)cc2)cc(C(C)(C)C)c1O. The summed E-state index contributed by atoms with van der Waals surface area (Å²) in [6, 6.07) is 11.5. The summed E-state index contributed by atoms with van der Waals surface area (Å²) in [6.07, 6.45) is 1.38. The number of benzene rings is 2. The van der Waals surface area contributed by atoms with Gasteiger partial charge in [0, 0.05) is 15.6 Å². The molecule has 2 aromatic rings. The van der Waals surface area contributed by atoms with Crippen molar-refractivity contribution >= 4 is 31.8 Å². The molecule has 1 N–H and O–H groups in total. The molecule has 0 aromatic heterocycles. The molecule has 6 heteroatoms. The molecule has 0 heterocycles. The van der Waals surface area contributed by atoms with Crippen LogP contribution in [0.5, 0.6) is 5.75 Å². The van der Waals surface area contributed by atoms with Crippen LogP contribution in [0, 0.1) is 11.3 Å². The van der Waals surface area contributed by atoms with E-state index in [0.717, 1.165) is 4.47 Å². The highest BCUT2D eigenvalue weighted by atomic mass is 79.9. The topological polar surface area (TPSA) is 78.2 Å². The van der Waals surface area contributed by atoms with E-state index in [1.165, 1.54) is 18.2 Å². The molecule has 0 saturated heterocycles. The smallest absolute Gasteiger partial charge is 0.216 e. The minimum Gasteiger partial charge on any atom is -0.507 e. The lowest BCUT2D eigenvalue weighted by Crippen LogP contribution is -2.17. The van der Waals surface area contributed by atoms with Crippen molar-refractivity contribution in [2.75, 3.05) is 0 Å². The van der Waals surface area contributed by atoms with E-state index in [0.29, 0.717) is 16.7 Å². The van der Waals surface area contributed by atoms with Gasteiger partial charge in [-0.3, -0.25) is 0 Å². The zero-order chi connectivity index (χ0) is 22.2. The predicted octanol–water partition coefficient (Wildman–Crippen LogP) is 6.09. The Balaban J connectivity index is 2.73. The number of hydrogen-bond acceptors (Lipinski definition) is 4. The van der Waals surface area contributed by atoms with E-state index < -0.39 is 9.84 Å². The fourth-order valence-corrected chi connectivity index (χ4v) is 4.37. The molecule has 2 rings (SSSR count). The Morgan fingerprint density at radius 3 is 1.83 bits per heavy atom. The quantitative estimate of drug-likeness (QED) is 0.544. The molecule has 0 bridgehead atoms. The van der Waals surface area contributed by atoms with Crippen molar-refractivity contribution < 1.29 is 13.5 Å². The summed E-state index contributed by atoms with van der Waals surface area (Å²) in [5.41, 5.74) is 1.26. The van der Waals surface area contributed by atoms with Gasteiger partial charge in [-0.1, -0.05) is 57.5 Å². The maximum absolute atomic E-state index is 13.0. The summed E-state index contributed by atoms with van der Waals surface area (Å²) in [5, 5.41) is 20.4. The van der Waals surface area contributed by atoms with Gasteiger partial charge in [0.1, 0.15) is 16.7 Å². The highest BCUT2D eigenvalue weighted by Crippen LogP contribution is 2.40. The van der Waals surface area contributed by atoms with Gasteiger partial charge in [0.2, 0.25) is 9.84 Å². The van der Waals surface area contributed by atoms with Gasteiger partial charge in [0.05, 0.1) is 4.90 Å². The second-order valence-electron chi connectivity index (χ2n) is 9.04. The van der Waals surface area contributed by atoms with E-state index in [-0.39, 0.29) is 26.4 Å². The van der Waals surface area contributed by atoms with Crippen LogP contribution in [0.4, 0.5) is 0 Å². The molecular formula is C23H26BrNO3S. The average molecular weight is 476 g/mol. The molecule has 0 atom stereocenters. The Bertz CT molecular complexity index is 1060. The molecule has 154 valence electrons. The van der Waals surface area contributed by atoms with E-state index in [9.17, 15) is 18.8 Å². The number of nitrogens with zero attached hydrogens (tertiary/aromatic N) is 1. The molecule has 0 aliphatic carbocycles. The van der Waals surface area contributed by atoms with Crippen LogP contribution in [-0.4, -0.2) is 13.5 Å². The van der Waals surface area contributed by atoms with E-state index in [1.807, 2.05) is 47.6 Å². The van der Waals surface area contributed by atoms with Crippen LogP contribution < -0.4 is 0 Å². The fourth-order valence-electron chi connectivity index (χ4n) is 2.95. The molecule has 0 radical (unpaired) electrons. The number of hydrogen-bond donors (Lipinski definition) is 1. The molecule has 0 fully saturated rings. The first-order chi connectivity index (χ1) is 13.2. The van der Waals surface area contributed by atoms with E-state index >= 15 is 0 Å². The van der Waals surface area contributed by atoms with Crippen molar-refractivity contribution in [1.29, 1.82) is 5.26 Å². The van der Waals surface area contributed by atoms with Gasteiger partial charge in [0.25, 0.3) is 0 Å². The second-order valence-corrected chi connectivity index (χ2v) is 11.9. The molecule has 29 heavy (non-hydrogen) atoms. The van der Waals surface area contributed by atoms with Crippen LogP contribution in [0.1, 0.15) is 58.2 Å². The normalized spacial score (nSPS) is 13.2. The minimum atomic E-state index is -3.96. The Hall–Kier alpha value is -2.10. The average Bonchev–Trinajstić information content (AvgIpc) is 2.58. The number of phenols is 1. The lowest BCUT2D eigenvalue weighted by atomic mass is 9.78. The highest BCUT2D eigenvalue weighted by molar-refractivity contribution is 9.10. The third-order valence-corrected chi connectivity index (χ3v) is 6.78. The highest BCUT2D eigenvalue weighted by Gasteiger charge is 2.27. The Kier molecular flexibility index (Phi) is 6.37. The fraction of sp³-hybridized carbons (Fsp3) is 0.348. The van der Waals surface area contributed by atoms with Gasteiger partial charge in [-0.15, -0.1) is 0 Å². The maximum Gasteiger partial charge on any atom is 0.216 e. The van der Waals surface area contributed by atoms with Gasteiger partial charge in [-0.25, -0.2) is 8.42 Å². The third-order valence-electron chi connectivity index (χ3n) is 4.57. The first-order valence-electron chi connectivity index (χ1n) is 9.18. The number of halogens is 1. The van der Waals surface area contributed by atoms with Gasteiger partial charge < -0.3 is 5.11 Å². The van der Waals surface area contributed by atoms with Gasteiger partial charge in [-0.05, 0) is 58.9 Å². The Morgan fingerprint density at radius 1 is 1.00 bits per heavy atom. The van der Waals surface area contributed by atoms with Crippen molar-refractivity contribution in [2.45, 2.75) is 57.3 Å². The van der Waals surface area contributed by atoms with Crippen molar-refractivity contribution in [3.63, 3.8) is 0 Å². The summed E-state index contributed by atoms with van der Waals surface area (Å²) in [4.78, 5) is -0.287. The number of allylic oxidation sites excluding steroid dienone is 1. The summed E-state index contributed by atoms with van der Waals surface area (Å²) < 4.78 is 26.7. The zero-order valence-corrected chi connectivity index (χ0v) is 19.9. The minimum absolute atomic E-state index is 0.0550. The number of phenolic OH excluding ortho intramolecular Hbond substituents is 1. The lowest BCUT2D eigenvalue weighted by molar-refractivity contribution is 0.423. The van der Waals surface area contributed by atoms with Gasteiger partial charge in [0.15, 0.2) is 0 Å². The molecule has 0 spiro atoms. The molecule has 0 amide bonds. The van der Waals surface area contributed by atoms with Crippen LogP contribution in [0.2, 0.25) is 0 Å². The lowest BCUT2D eigenvalue weighted by Gasteiger charge is -2.28. The number of rotatable bonds is 3. The molecule has 0 aliphatic heterocycles. The summed E-state index contributed by atoms with van der Waals surface area (Å²) in [6.45, 7) is 11.9. The standard InChI is InChI=1S/C23H26BrNO3S/c1-22(2,3)19-12-15(13-20(21(19)26)23(4,5)6)11-18(14-25)29(27,28)17-9-7-16(24)8-10-17/h7-13,26H,1-6H3. The van der Waals surface area contributed by atoms with Gasteiger partial charge in [-0.2, -0.15) is 5.26 Å². The van der Waals surface area contributed by atoms with Crippen LogP contribution in [-0.2, 0) is 20.7 Å². The van der Waals surface area contributed by atoms with Gasteiger partial charge >= 0.3 is 0 Å². The predicted molar refractivity (Wildman–Crippen MR) is 120 cm³/mol.